The number of imidazole rings is 1. The summed E-state index contributed by atoms with van der Waals surface area (Å²) < 4.78 is 26.8. The van der Waals surface area contributed by atoms with Crippen LogP contribution in [0.1, 0.15) is 17.8 Å². The highest BCUT2D eigenvalue weighted by molar-refractivity contribution is 5.75. The summed E-state index contributed by atoms with van der Waals surface area (Å²) in [5, 5.41) is 0. The van der Waals surface area contributed by atoms with E-state index in [2.05, 4.69) is 9.97 Å². The van der Waals surface area contributed by atoms with Crippen molar-refractivity contribution >= 4 is 11.2 Å². The maximum Gasteiger partial charge on any atom is 0.266 e. The van der Waals surface area contributed by atoms with E-state index in [9.17, 15) is 13.6 Å². The third kappa shape index (κ3) is 1.42. The molecule has 0 aliphatic rings. The first-order valence-corrected chi connectivity index (χ1v) is 4.35. The number of aromatic amines is 1. The van der Waals surface area contributed by atoms with Crippen molar-refractivity contribution in [2.24, 2.45) is 7.05 Å². The van der Waals surface area contributed by atoms with E-state index in [0.717, 1.165) is 6.07 Å². The Labute approximate surface area is 83.6 Å². The number of aromatic nitrogens is 3. The van der Waals surface area contributed by atoms with E-state index in [0.29, 0.717) is 11.5 Å². The molecule has 0 unspecified atom stereocenters. The minimum atomic E-state index is -2.69. The molecule has 0 aromatic carbocycles. The predicted molar refractivity (Wildman–Crippen MR) is 51.0 cm³/mol. The SMILES string of the molecule is Cc1nc2c(C(F)F)cc(=O)[nH]c2n1C. The van der Waals surface area contributed by atoms with E-state index in [1.807, 2.05) is 0 Å². The third-order valence-corrected chi connectivity index (χ3v) is 2.36. The molecule has 2 rings (SSSR count). The normalized spacial score (nSPS) is 11.5. The van der Waals surface area contributed by atoms with Crippen molar-refractivity contribution in [1.82, 2.24) is 14.5 Å². The first kappa shape index (κ1) is 9.82. The molecule has 0 aliphatic carbocycles. The average molecular weight is 213 g/mol. The Morgan fingerprint density at radius 1 is 1.53 bits per heavy atom. The maximum absolute atomic E-state index is 12.6. The van der Waals surface area contributed by atoms with Crippen LogP contribution >= 0.6 is 0 Å². The molecule has 80 valence electrons. The van der Waals surface area contributed by atoms with Crippen molar-refractivity contribution in [3.63, 3.8) is 0 Å². The van der Waals surface area contributed by atoms with Crippen LogP contribution in [0, 0.1) is 6.92 Å². The minimum absolute atomic E-state index is 0.157. The molecule has 0 radical (unpaired) electrons. The van der Waals surface area contributed by atoms with E-state index < -0.39 is 12.0 Å². The van der Waals surface area contributed by atoms with Gasteiger partial charge in [-0.1, -0.05) is 0 Å². The highest BCUT2D eigenvalue weighted by Gasteiger charge is 2.17. The number of hydrogen-bond donors (Lipinski definition) is 1. The topological polar surface area (TPSA) is 50.7 Å². The second kappa shape index (κ2) is 3.15. The highest BCUT2D eigenvalue weighted by atomic mass is 19.3. The predicted octanol–water partition coefficient (Wildman–Crippen LogP) is 1.51. The van der Waals surface area contributed by atoms with Gasteiger partial charge in [0.05, 0.1) is 5.56 Å². The van der Waals surface area contributed by atoms with Crippen molar-refractivity contribution in [1.29, 1.82) is 0 Å². The first-order chi connectivity index (χ1) is 7.00. The number of nitrogens with one attached hydrogen (secondary N) is 1. The molecule has 6 heteroatoms. The molecule has 1 N–H and O–H groups in total. The number of alkyl halides is 2. The van der Waals surface area contributed by atoms with Crippen LogP contribution in [0.2, 0.25) is 0 Å². The number of H-pyrrole nitrogens is 1. The zero-order valence-electron chi connectivity index (χ0n) is 8.21. The Kier molecular flexibility index (Phi) is 2.06. The van der Waals surface area contributed by atoms with Gasteiger partial charge in [0.15, 0.2) is 0 Å². The number of fused-ring (bicyclic) bond motifs is 1. The molecular formula is C9H9F2N3O. The van der Waals surface area contributed by atoms with Crippen LogP contribution in [0.15, 0.2) is 10.9 Å². The van der Waals surface area contributed by atoms with Crippen molar-refractivity contribution in [2.45, 2.75) is 13.3 Å². The summed E-state index contributed by atoms with van der Waals surface area (Å²) >= 11 is 0. The third-order valence-electron chi connectivity index (χ3n) is 2.36. The fourth-order valence-electron chi connectivity index (χ4n) is 1.48. The average Bonchev–Trinajstić information content (AvgIpc) is 2.43. The van der Waals surface area contributed by atoms with E-state index in [1.165, 1.54) is 0 Å². The Morgan fingerprint density at radius 2 is 2.20 bits per heavy atom. The first-order valence-electron chi connectivity index (χ1n) is 4.35. The lowest BCUT2D eigenvalue weighted by Crippen LogP contribution is -2.08. The van der Waals surface area contributed by atoms with Crippen molar-refractivity contribution in [3.8, 4) is 0 Å². The summed E-state index contributed by atoms with van der Waals surface area (Å²) in [6.45, 7) is 1.69. The van der Waals surface area contributed by atoms with Gasteiger partial charge in [-0.2, -0.15) is 0 Å². The molecule has 0 fully saturated rings. The summed E-state index contributed by atoms with van der Waals surface area (Å²) in [5.41, 5.74) is -0.377. The van der Waals surface area contributed by atoms with Gasteiger partial charge in [-0.05, 0) is 6.92 Å². The molecule has 2 aromatic rings. The fraction of sp³-hybridized carbons (Fsp3) is 0.333. The van der Waals surface area contributed by atoms with Crippen LogP contribution in [0.25, 0.3) is 11.2 Å². The van der Waals surface area contributed by atoms with Gasteiger partial charge in [0.2, 0.25) is 5.56 Å². The Hall–Kier alpha value is -1.72. The molecule has 0 aliphatic heterocycles. The molecular weight excluding hydrogens is 204 g/mol. The summed E-state index contributed by atoms with van der Waals surface area (Å²) in [7, 11) is 1.66. The number of halogens is 2. The summed E-state index contributed by atoms with van der Waals surface area (Å²) in [6.07, 6.45) is -2.69. The number of rotatable bonds is 1. The largest absolute Gasteiger partial charge is 0.318 e. The molecule has 0 atom stereocenters. The van der Waals surface area contributed by atoms with Gasteiger partial charge in [-0.3, -0.25) is 4.79 Å². The van der Waals surface area contributed by atoms with Crippen molar-refractivity contribution in [2.75, 3.05) is 0 Å². The van der Waals surface area contributed by atoms with Gasteiger partial charge in [-0.25, -0.2) is 13.8 Å². The van der Waals surface area contributed by atoms with Crippen LogP contribution in [0.4, 0.5) is 8.78 Å². The van der Waals surface area contributed by atoms with Crippen molar-refractivity contribution in [3.05, 3.63) is 27.8 Å². The van der Waals surface area contributed by atoms with Gasteiger partial charge in [0, 0.05) is 13.1 Å². The highest BCUT2D eigenvalue weighted by Crippen LogP contribution is 2.24. The summed E-state index contributed by atoms with van der Waals surface area (Å²) in [6, 6.07) is 0.888. The van der Waals surface area contributed by atoms with Gasteiger partial charge >= 0.3 is 0 Å². The Balaban J connectivity index is 2.92. The monoisotopic (exact) mass is 213 g/mol. The molecule has 0 saturated heterocycles. The zero-order valence-corrected chi connectivity index (χ0v) is 8.21. The van der Waals surface area contributed by atoms with Gasteiger partial charge in [0.1, 0.15) is 17.0 Å². The van der Waals surface area contributed by atoms with Crippen molar-refractivity contribution < 1.29 is 8.78 Å². The minimum Gasteiger partial charge on any atom is -0.318 e. The molecule has 2 heterocycles. The van der Waals surface area contributed by atoms with Crippen LogP contribution in [-0.2, 0) is 7.05 Å². The van der Waals surface area contributed by atoms with Gasteiger partial charge in [0.25, 0.3) is 6.43 Å². The molecule has 0 saturated carbocycles. The summed E-state index contributed by atoms with van der Waals surface area (Å²) in [4.78, 5) is 17.6. The summed E-state index contributed by atoms with van der Waals surface area (Å²) in [5.74, 6) is 0.578. The van der Waals surface area contributed by atoms with Crippen LogP contribution in [0.3, 0.4) is 0 Å². The Bertz CT molecular complexity index is 570. The molecule has 0 spiro atoms. The lowest BCUT2D eigenvalue weighted by atomic mass is 10.2. The molecule has 15 heavy (non-hydrogen) atoms. The van der Waals surface area contributed by atoms with Gasteiger partial charge < -0.3 is 9.55 Å². The fourth-order valence-corrected chi connectivity index (χ4v) is 1.48. The van der Waals surface area contributed by atoms with Crippen LogP contribution < -0.4 is 5.56 Å². The van der Waals surface area contributed by atoms with E-state index in [1.54, 1.807) is 18.5 Å². The van der Waals surface area contributed by atoms with Crippen LogP contribution in [-0.4, -0.2) is 14.5 Å². The quantitative estimate of drug-likeness (QED) is 0.780. The smallest absolute Gasteiger partial charge is 0.266 e. The lowest BCUT2D eigenvalue weighted by molar-refractivity contribution is 0.152. The van der Waals surface area contributed by atoms with E-state index in [-0.39, 0.29) is 11.1 Å². The molecule has 4 nitrogen and oxygen atoms in total. The number of pyridine rings is 1. The lowest BCUT2D eigenvalue weighted by Gasteiger charge is -2.00. The number of aryl methyl sites for hydroxylation is 2. The van der Waals surface area contributed by atoms with E-state index >= 15 is 0 Å². The molecule has 0 bridgehead atoms. The Morgan fingerprint density at radius 3 is 2.80 bits per heavy atom. The molecule has 2 aromatic heterocycles. The zero-order chi connectivity index (χ0) is 11.2. The van der Waals surface area contributed by atoms with Crippen LogP contribution in [0.5, 0.6) is 0 Å². The van der Waals surface area contributed by atoms with E-state index in [4.69, 9.17) is 0 Å². The standard InChI is InChI=1S/C9H9F2N3O/c1-4-12-7-5(8(10)11)3-6(15)13-9(7)14(4)2/h3,8H,1-2H3,(H,13,15). The number of nitrogens with zero attached hydrogens (tertiary/aromatic N) is 2. The molecule has 0 amide bonds. The second-order valence-corrected chi connectivity index (χ2v) is 3.30. The number of hydrogen-bond acceptors (Lipinski definition) is 2. The maximum atomic E-state index is 12.6. The second-order valence-electron chi connectivity index (χ2n) is 3.30. The van der Waals surface area contributed by atoms with Gasteiger partial charge in [-0.15, -0.1) is 0 Å².